The smallest absolute Gasteiger partial charge is 0.241 e. The van der Waals surface area contributed by atoms with Crippen LogP contribution in [0.15, 0.2) is 64.3 Å². The zero-order valence-electron chi connectivity index (χ0n) is 16.6. The van der Waals surface area contributed by atoms with E-state index >= 15 is 0 Å². The molecule has 1 aliphatic heterocycles. The fourth-order valence-electron chi connectivity index (χ4n) is 3.68. The van der Waals surface area contributed by atoms with Crippen LogP contribution in [0.2, 0.25) is 0 Å². The number of aryl methyl sites for hydroxylation is 1. The maximum absolute atomic E-state index is 13.1. The van der Waals surface area contributed by atoms with Crippen LogP contribution in [0.1, 0.15) is 35.7 Å². The molecule has 4 rings (SSSR count). The Hall–Kier alpha value is -2.55. The summed E-state index contributed by atoms with van der Waals surface area (Å²) in [6, 6.07) is 11.8. The van der Waals surface area contributed by atoms with E-state index in [4.69, 9.17) is 0 Å². The number of anilines is 1. The Labute approximate surface area is 180 Å². The number of thiophene rings is 1. The van der Waals surface area contributed by atoms with Crippen LogP contribution >= 0.6 is 11.3 Å². The van der Waals surface area contributed by atoms with Gasteiger partial charge in [0.2, 0.25) is 15.9 Å². The number of rotatable bonds is 7. The van der Waals surface area contributed by atoms with E-state index in [-0.39, 0.29) is 10.8 Å². The summed E-state index contributed by atoms with van der Waals surface area (Å²) in [4.78, 5) is 18.2. The van der Waals surface area contributed by atoms with Gasteiger partial charge in [0, 0.05) is 24.8 Å². The van der Waals surface area contributed by atoms with Crippen molar-refractivity contribution in [3.05, 3.63) is 76.2 Å². The summed E-state index contributed by atoms with van der Waals surface area (Å²) < 4.78 is 29.1. The lowest BCUT2D eigenvalue weighted by Gasteiger charge is -2.20. The molecule has 3 aromatic rings. The molecular formula is C22H23N3O3S2. The Morgan fingerprint density at radius 3 is 2.63 bits per heavy atom. The second kappa shape index (κ2) is 8.67. The molecule has 6 nitrogen and oxygen atoms in total. The van der Waals surface area contributed by atoms with E-state index in [1.807, 2.05) is 35.9 Å². The summed E-state index contributed by atoms with van der Waals surface area (Å²) in [7, 11) is -3.77. The molecule has 1 amide bonds. The number of pyridine rings is 1. The van der Waals surface area contributed by atoms with E-state index in [2.05, 4.69) is 9.71 Å². The summed E-state index contributed by atoms with van der Waals surface area (Å²) in [5.74, 6) is 0.0742. The molecule has 1 fully saturated rings. The molecular weight excluding hydrogens is 418 g/mol. The minimum Gasteiger partial charge on any atom is -0.312 e. The minimum absolute atomic E-state index is 0.0742. The van der Waals surface area contributed by atoms with Crippen LogP contribution in [0.25, 0.3) is 0 Å². The summed E-state index contributed by atoms with van der Waals surface area (Å²) in [6.45, 7) is 2.60. The predicted octanol–water partition coefficient (Wildman–Crippen LogP) is 3.84. The van der Waals surface area contributed by atoms with Crippen molar-refractivity contribution in [3.8, 4) is 0 Å². The van der Waals surface area contributed by atoms with Crippen LogP contribution < -0.4 is 9.62 Å². The Morgan fingerprint density at radius 1 is 1.20 bits per heavy atom. The van der Waals surface area contributed by atoms with Crippen molar-refractivity contribution in [2.75, 3.05) is 11.4 Å². The first-order valence-electron chi connectivity index (χ1n) is 9.79. The molecule has 1 aliphatic rings. The lowest BCUT2D eigenvalue weighted by molar-refractivity contribution is -0.117. The van der Waals surface area contributed by atoms with Gasteiger partial charge in [0.1, 0.15) is 0 Å². The molecule has 2 aromatic heterocycles. The van der Waals surface area contributed by atoms with Gasteiger partial charge in [-0.25, -0.2) is 13.1 Å². The van der Waals surface area contributed by atoms with Crippen molar-refractivity contribution in [1.29, 1.82) is 0 Å². The Kier molecular flexibility index (Phi) is 5.99. The van der Waals surface area contributed by atoms with E-state index in [1.54, 1.807) is 46.7 Å². The fourth-order valence-corrected chi connectivity index (χ4v) is 5.56. The Morgan fingerprint density at radius 2 is 2.00 bits per heavy atom. The number of sulfonamides is 1. The molecule has 30 heavy (non-hydrogen) atoms. The number of carbonyl (C=O) groups is 1. The molecule has 1 unspecified atom stereocenters. The van der Waals surface area contributed by atoms with Crippen LogP contribution in [0.5, 0.6) is 0 Å². The highest BCUT2D eigenvalue weighted by molar-refractivity contribution is 7.89. The van der Waals surface area contributed by atoms with E-state index in [0.717, 1.165) is 23.2 Å². The van der Waals surface area contributed by atoms with Crippen LogP contribution in [0.3, 0.4) is 0 Å². The number of benzene rings is 1. The number of nitrogens with zero attached hydrogens (tertiary/aromatic N) is 2. The number of amides is 1. The van der Waals surface area contributed by atoms with Crippen LogP contribution in [0, 0.1) is 6.92 Å². The zero-order valence-corrected chi connectivity index (χ0v) is 18.2. The number of hydrogen-bond acceptors (Lipinski definition) is 5. The molecule has 0 saturated carbocycles. The maximum atomic E-state index is 13.1. The summed E-state index contributed by atoms with van der Waals surface area (Å²) in [5, 5.41) is 3.99. The first-order chi connectivity index (χ1) is 14.4. The molecule has 156 valence electrons. The molecule has 0 spiro atoms. The van der Waals surface area contributed by atoms with Crippen LogP contribution in [0.4, 0.5) is 5.69 Å². The predicted molar refractivity (Wildman–Crippen MR) is 118 cm³/mol. The van der Waals surface area contributed by atoms with Gasteiger partial charge in [-0.05, 0) is 78.1 Å². The molecule has 1 saturated heterocycles. The lowest BCUT2D eigenvalue weighted by atomic mass is 10.0. The number of hydrogen-bond donors (Lipinski definition) is 1. The lowest BCUT2D eigenvalue weighted by Crippen LogP contribution is -2.31. The van der Waals surface area contributed by atoms with E-state index in [1.165, 1.54) is 0 Å². The largest absolute Gasteiger partial charge is 0.312 e. The molecule has 1 N–H and O–H groups in total. The van der Waals surface area contributed by atoms with Crippen molar-refractivity contribution in [2.24, 2.45) is 0 Å². The number of carbonyl (C=O) groups excluding carboxylic acids is 1. The fraction of sp³-hybridized carbons (Fsp3) is 0.273. The zero-order chi connectivity index (χ0) is 21.1. The van der Waals surface area contributed by atoms with Gasteiger partial charge in [-0.1, -0.05) is 6.07 Å². The highest BCUT2D eigenvalue weighted by Gasteiger charge is 2.25. The monoisotopic (exact) mass is 441 g/mol. The topological polar surface area (TPSA) is 79.4 Å². The normalized spacial score (nSPS) is 15.5. The molecule has 1 atom stereocenters. The van der Waals surface area contributed by atoms with Crippen molar-refractivity contribution < 1.29 is 13.2 Å². The second-order valence-corrected chi connectivity index (χ2v) is 9.85. The first kappa shape index (κ1) is 20.7. The van der Waals surface area contributed by atoms with Gasteiger partial charge in [-0.2, -0.15) is 11.3 Å². The molecule has 8 heteroatoms. The van der Waals surface area contributed by atoms with E-state index in [9.17, 15) is 13.2 Å². The van der Waals surface area contributed by atoms with Crippen molar-refractivity contribution in [3.63, 3.8) is 0 Å². The molecule has 0 radical (unpaired) electrons. The second-order valence-electron chi connectivity index (χ2n) is 7.36. The highest BCUT2D eigenvalue weighted by atomic mass is 32.2. The summed E-state index contributed by atoms with van der Waals surface area (Å²) in [5.41, 5.74) is 3.43. The van der Waals surface area contributed by atoms with E-state index in [0.29, 0.717) is 25.1 Å². The van der Waals surface area contributed by atoms with Gasteiger partial charge < -0.3 is 4.90 Å². The molecule has 1 aromatic carbocycles. The van der Waals surface area contributed by atoms with Gasteiger partial charge in [0.05, 0.1) is 16.6 Å². The Bertz CT molecular complexity index is 1130. The Balaban J connectivity index is 1.60. The average molecular weight is 442 g/mol. The van der Waals surface area contributed by atoms with Crippen molar-refractivity contribution >= 4 is 33.0 Å². The average Bonchev–Trinajstić information content (AvgIpc) is 3.39. The van der Waals surface area contributed by atoms with Crippen LogP contribution in [-0.4, -0.2) is 25.9 Å². The van der Waals surface area contributed by atoms with Gasteiger partial charge in [0.25, 0.3) is 0 Å². The molecule has 0 aliphatic carbocycles. The maximum Gasteiger partial charge on any atom is 0.241 e. The number of nitrogens with one attached hydrogen (secondary N) is 1. The number of aromatic nitrogens is 1. The van der Waals surface area contributed by atoms with Gasteiger partial charge >= 0.3 is 0 Å². The third kappa shape index (κ3) is 4.45. The standard InChI is InChI=1S/C22H23N3O3S2/c1-16-4-2-11-23-22(16)20(14-17-10-13-29-15-17)24-30(27,28)19-8-6-18(7-9-19)25-12-3-5-21(25)26/h2,4,6-11,13,15,20,24H,3,5,12,14H2,1H3. The molecule has 0 bridgehead atoms. The third-order valence-electron chi connectivity index (χ3n) is 5.23. The van der Waals surface area contributed by atoms with Gasteiger partial charge in [-0.15, -0.1) is 0 Å². The first-order valence-corrected chi connectivity index (χ1v) is 12.2. The summed E-state index contributed by atoms with van der Waals surface area (Å²) in [6.07, 6.45) is 3.56. The van der Waals surface area contributed by atoms with Crippen molar-refractivity contribution in [1.82, 2.24) is 9.71 Å². The third-order valence-corrected chi connectivity index (χ3v) is 7.45. The van der Waals surface area contributed by atoms with Gasteiger partial charge in [0.15, 0.2) is 0 Å². The van der Waals surface area contributed by atoms with Crippen molar-refractivity contribution in [2.45, 2.75) is 37.1 Å². The quantitative estimate of drug-likeness (QED) is 0.604. The SMILES string of the molecule is Cc1cccnc1C(Cc1ccsc1)NS(=O)(=O)c1ccc(N2CCCC2=O)cc1. The van der Waals surface area contributed by atoms with Crippen LogP contribution in [-0.2, 0) is 21.2 Å². The minimum atomic E-state index is -3.77. The summed E-state index contributed by atoms with van der Waals surface area (Å²) >= 11 is 1.58. The van der Waals surface area contributed by atoms with E-state index < -0.39 is 16.1 Å². The molecule has 3 heterocycles. The van der Waals surface area contributed by atoms with Gasteiger partial charge in [-0.3, -0.25) is 9.78 Å². The highest BCUT2D eigenvalue weighted by Crippen LogP contribution is 2.26.